The van der Waals surface area contributed by atoms with Gasteiger partial charge in [0.1, 0.15) is 17.8 Å². The third-order valence-electron chi connectivity index (χ3n) is 5.29. The number of aliphatic hydroxyl groups excluding tert-OH is 2. The van der Waals surface area contributed by atoms with Crippen LogP contribution in [0.3, 0.4) is 0 Å². The summed E-state index contributed by atoms with van der Waals surface area (Å²) in [6, 6.07) is -0.152. The van der Waals surface area contributed by atoms with Crippen LogP contribution < -0.4 is 5.32 Å². The summed E-state index contributed by atoms with van der Waals surface area (Å²) >= 11 is 0. The quantitative estimate of drug-likeness (QED) is 0.501. The minimum Gasteiger partial charge on any atom is -0.479 e. The first-order chi connectivity index (χ1) is 12.4. The third kappa shape index (κ3) is 2.69. The standard InChI is InChI=1S/C16H23N5O5/c1-16(25)11(23)9(6-22)26-14(16)21-7-17-10-12(18-8-4-2-3-5-8)19-15(24)20-13(10)21/h7-9,11,14,22-23,25H,2-6H2,1H3,(H2,18,19,20,24)/t9-,11?,14-,16+/m1/s1. The van der Waals surface area contributed by atoms with Gasteiger partial charge < -0.3 is 30.5 Å². The zero-order chi connectivity index (χ0) is 18.5. The van der Waals surface area contributed by atoms with E-state index in [0.717, 1.165) is 25.7 Å². The van der Waals surface area contributed by atoms with Crippen LogP contribution in [0.25, 0.3) is 11.2 Å². The number of imidazole rings is 1. The number of aliphatic hydroxyl groups is 3. The van der Waals surface area contributed by atoms with Gasteiger partial charge in [-0.2, -0.15) is 9.97 Å². The van der Waals surface area contributed by atoms with Gasteiger partial charge in [-0.15, -0.1) is 0 Å². The average Bonchev–Trinajstić information content (AvgIpc) is 3.29. The maximum absolute atomic E-state index is 10.7. The summed E-state index contributed by atoms with van der Waals surface area (Å²) in [5, 5.41) is 43.5. The lowest BCUT2D eigenvalue weighted by molar-refractivity contribution is -0.0950. The summed E-state index contributed by atoms with van der Waals surface area (Å²) in [5.74, 6) is 0.426. The van der Waals surface area contributed by atoms with E-state index in [1.807, 2.05) is 0 Å². The van der Waals surface area contributed by atoms with Gasteiger partial charge in [0.15, 0.2) is 23.2 Å². The van der Waals surface area contributed by atoms with Crippen molar-refractivity contribution in [3.05, 3.63) is 6.33 Å². The number of nitrogens with zero attached hydrogens (tertiary/aromatic N) is 4. The van der Waals surface area contributed by atoms with Crippen molar-refractivity contribution < 1.29 is 25.2 Å². The minimum absolute atomic E-state index is 0.268. The van der Waals surface area contributed by atoms with Gasteiger partial charge in [0.2, 0.25) is 0 Å². The Morgan fingerprint density at radius 2 is 2.08 bits per heavy atom. The summed E-state index contributed by atoms with van der Waals surface area (Å²) in [5.41, 5.74) is -0.953. The fourth-order valence-corrected chi connectivity index (χ4v) is 3.83. The lowest BCUT2D eigenvalue weighted by Crippen LogP contribution is -2.44. The molecule has 26 heavy (non-hydrogen) atoms. The van der Waals surface area contributed by atoms with Crippen LogP contribution in [0.5, 0.6) is 6.01 Å². The van der Waals surface area contributed by atoms with Gasteiger partial charge in [-0.05, 0) is 19.8 Å². The Bertz CT molecular complexity index is 804. The van der Waals surface area contributed by atoms with Crippen molar-refractivity contribution in [2.75, 3.05) is 11.9 Å². The van der Waals surface area contributed by atoms with Gasteiger partial charge in [-0.1, -0.05) is 12.8 Å². The largest absolute Gasteiger partial charge is 0.479 e. The van der Waals surface area contributed by atoms with Crippen molar-refractivity contribution in [2.45, 2.75) is 62.7 Å². The Kier molecular flexibility index (Phi) is 4.22. The monoisotopic (exact) mass is 365 g/mol. The normalized spacial score (nSPS) is 32.5. The summed E-state index contributed by atoms with van der Waals surface area (Å²) < 4.78 is 7.05. The number of aromatic nitrogens is 4. The molecule has 2 aromatic rings. The molecule has 1 saturated heterocycles. The lowest BCUT2D eigenvalue weighted by Gasteiger charge is -2.27. The molecule has 1 unspecified atom stereocenters. The molecule has 142 valence electrons. The first-order valence-electron chi connectivity index (χ1n) is 8.78. The number of hydrogen-bond acceptors (Lipinski definition) is 9. The summed E-state index contributed by atoms with van der Waals surface area (Å²) in [7, 11) is 0. The van der Waals surface area contributed by atoms with Crippen LogP contribution in [0.1, 0.15) is 38.8 Å². The van der Waals surface area contributed by atoms with Crippen molar-refractivity contribution in [1.82, 2.24) is 19.5 Å². The fourth-order valence-electron chi connectivity index (χ4n) is 3.83. The number of fused-ring (bicyclic) bond motifs is 1. The van der Waals surface area contributed by atoms with Crippen molar-refractivity contribution in [2.24, 2.45) is 0 Å². The first kappa shape index (κ1) is 17.4. The van der Waals surface area contributed by atoms with E-state index in [-0.39, 0.29) is 11.7 Å². The zero-order valence-corrected chi connectivity index (χ0v) is 14.4. The highest BCUT2D eigenvalue weighted by Gasteiger charge is 2.53. The molecule has 2 aliphatic rings. The van der Waals surface area contributed by atoms with Crippen LogP contribution >= 0.6 is 0 Å². The van der Waals surface area contributed by atoms with Crippen LogP contribution in [0, 0.1) is 0 Å². The number of hydrogen-bond donors (Lipinski definition) is 5. The van der Waals surface area contributed by atoms with E-state index in [4.69, 9.17) is 4.74 Å². The topological polar surface area (TPSA) is 146 Å². The average molecular weight is 365 g/mol. The van der Waals surface area contributed by atoms with Crippen molar-refractivity contribution in [1.29, 1.82) is 0 Å². The van der Waals surface area contributed by atoms with Gasteiger partial charge >= 0.3 is 6.01 Å². The second kappa shape index (κ2) is 6.31. The van der Waals surface area contributed by atoms with Crippen molar-refractivity contribution >= 4 is 17.0 Å². The molecule has 0 spiro atoms. The van der Waals surface area contributed by atoms with Crippen molar-refractivity contribution in [3.8, 4) is 6.01 Å². The maximum atomic E-state index is 10.7. The van der Waals surface area contributed by atoms with E-state index < -0.39 is 36.7 Å². The molecule has 4 rings (SSSR count). The highest BCUT2D eigenvalue weighted by molar-refractivity contribution is 5.83. The van der Waals surface area contributed by atoms with Crippen molar-refractivity contribution in [3.63, 3.8) is 0 Å². The maximum Gasteiger partial charge on any atom is 0.317 e. The van der Waals surface area contributed by atoms with Crippen LogP contribution in [0.15, 0.2) is 6.33 Å². The molecule has 10 nitrogen and oxygen atoms in total. The van der Waals surface area contributed by atoms with Crippen LogP contribution in [-0.2, 0) is 4.74 Å². The molecular weight excluding hydrogens is 342 g/mol. The summed E-state index contributed by atoms with van der Waals surface area (Å²) in [4.78, 5) is 12.4. The fraction of sp³-hybridized carbons (Fsp3) is 0.688. The summed E-state index contributed by atoms with van der Waals surface area (Å²) in [6.07, 6.45) is 2.53. The van der Waals surface area contributed by atoms with Gasteiger partial charge in [0, 0.05) is 6.04 Å². The smallest absolute Gasteiger partial charge is 0.317 e. The molecule has 4 atom stereocenters. The molecule has 0 radical (unpaired) electrons. The molecule has 2 aromatic heterocycles. The number of ether oxygens (including phenoxy) is 1. The van der Waals surface area contributed by atoms with E-state index in [2.05, 4.69) is 20.3 Å². The Hall–Kier alpha value is -2.01. The Morgan fingerprint density at radius 3 is 2.73 bits per heavy atom. The second-order valence-corrected chi connectivity index (χ2v) is 7.20. The molecule has 1 aliphatic heterocycles. The number of nitrogens with one attached hydrogen (secondary N) is 1. The van der Waals surface area contributed by atoms with Gasteiger partial charge in [-0.25, -0.2) is 4.98 Å². The first-order valence-corrected chi connectivity index (χ1v) is 8.78. The number of aromatic hydroxyl groups is 1. The zero-order valence-electron chi connectivity index (χ0n) is 14.4. The Morgan fingerprint density at radius 1 is 1.35 bits per heavy atom. The molecule has 0 bridgehead atoms. The highest BCUT2D eigenvalue weighted by Crippen LogP contribution is 2.40. The predicted molar refractivity (Wildman–Crippen MR) is 90.5 cm³/mol. The molecule has 5 N–H and O–H groups in total. The molecule has 0 aromatic carbocycles. The number of anilines is 1. The molecule has 1 saturated carbocycles. The van der Waals surface area contributed by atoms with E-state index in [9.17, 15) is 20.4 Å². The predicted octanol–water partition coefficient (Wildman–Crippen LogP) is -0.112. The number of rotatable bonds is 4. The molecule has 3 heterocycles. The molecular formula is C16H23N5O5. The van der Waals surface area contributed by atoms with Crippen LogP contribution in [-0.4, -0.2) is 70.4 Å². The third-order valence-corrected chi connectivity index (χ3v) is 5.29. The van der Waals surface area contributed by atoms with Gasteiger partial charge in [-0.3, -0.25) is 4.57 Å². The molecule has 2 fully saturated rings. The Balaban J connectivity index is 1.74. The molecule has 1 aliphatic carbocycles. The Labute approximate surface area is 149 Å². The second-order valence-electron chi connectivity index (χ2n) is 7.20. The van der Waals surface area contributed by atoms with Crippen LogP contribution in [0.4, 0.5) is 5.82 Å². The summed E-state index contributed by atoms with van der Waals surface area (Å²) in [6.45, 7) is 0.984. The van der Waals surface area contributed by atoms with Gasteiger partial charge in [0.25, 0.3) is 0 Å². The SMILES string of the molecule is C[C@]1(O)C(O)[C@@H](CO)O[C@H]1n1cnc2c(NC3CCCC3)nc(O)nc21. The van der Waals surface area contributed by atoms with Crippen LogP contribution in [0.2, 0.25) is 0 Å². The van der Waals surface area contributed by atoms with E-state index in [1.165, 1.54) is 17.8 Å². The van der Waals surface area contributed by atoms with E-state index >= 15 is 0 Å². The van der Waals surface area contributed by atoms with E-state index in [0.29, 0.717) is 11.3 Å². The van der Waals surface area contributed by atoms with Gasteiger partial charge in [0.05, 0.1) is 12.9 Å². The lowest BCUT2D eigenvalue weighted by atomic mass is 9.96. The minimum atomic E-state index is -1.67. The molecule has 10 heteroatoms. The van der Waals surface area contributed by atoms with E-state index in [1.54, 1.807) is 0 Å². The molecule has 0 amide bonds. The highest BCUT2D eigenvalue weighted by atomic mass is 16.6.